The number of anilines is 1. The Balaban J connectivity index is 1.28. The molecule has 1 atom stereocenters. The number of unbranched alkanes of at least 4 members (excludes halogenated alkanes) is 4. The number of hydrogen-bond donors (Lipinski definition) is 2. The van der Waals surface area contributed by atoms with E-state index in [4.69, 9.17) is 4.74 Å². The van der Waals surface area contributed by atoms with Crippen molar-refractivity contribution in [1.82, 2.24) is 10.2 Å². The normalized spacial score (nSPS) is 18.9. The van der Waals surface area contributed by atoms with Crippen LogP contribution in [0.4, 0.5) is 5.69 Å². The van der Waals surface area contributed by atoms with E-state index in [1.54, 1.807) is 0 Å². The van der Waals surface area contributed by atoms with Crippen molar-refractivity contribution in [2.75, 3.05) is 18.4 Å². The van der Waals surface area contributed by atoms with Crippen LogP contribution in [-0.4, -0.2) is 53.3 Å². The van der Waals surface area contributed by atoms with E-state index in [-0.39, 0.29) is 29.7 Å². The van der Waals surface area contributed by atoms with Crippen LogP contribution in [0.2, 0.25) is 0 Å². The second-order valence-electron chi connectivity index (χ2n) is 11.3. The van der Waals surface area contributed by atoms with E-state index in [1.807, 2.05) is 37.8 Å². The van der Waals surface area contributed by atoms with Crippen LogP contribution in [-0.2, 0) is 23.9 Å². The number of likely N-dealkylation sites (tertiary alicyclic amines) is 1. The molecule has 2 N–H and O–H groups in total. The number of carbonyl (C=O) groups is 4. The molecule has 0 saturated carbocycles. The summed E-state index contributed by atoms with van der Waals surface area (Å²) in [5, 5.41) is 5.59. The van der Waals surface area contributed by atoms with E-state index in [2.05, 4.69) is 22.8 Å². The van der Waals surface area contributed by atoms with Crippen molar-refractivity contribution >= 4 is 29.4 Å². The van der Waals surface area contributed by atoms with E-state index < -0.39 is 5.60 Å². The molecule has 0 spiro atoms. The van der Waals surface area contributed by atoms with Gasteiger partial charge in [0.25, 0.3) is 0 Å². The minimum absolute atomic E-state index is 0.133. The monoisotopic (exact) mass is 513 g/mol. The van der Waals surface area contributed by atoms with Crippen LogP contribution in [0.15, 0.2) is 24.3 Å². The number of imide groups is 1. The Hall–Kier alpha value is -2.90. The lowest BCUT2D eigenvalue weighted by atomic mass is 9.89. The Kier molecular flexibility index (Phi) is 10.5. The zero-order chi connectivity index (χ0) is 26.8. The van der Waals surface area contributed by atoms with Gasteiger partial charge in [0.15, 0.2) is 0 Å². The molecule has 2 aliphatic heterocycles. The van der Waals surface area contributed by atoms with Crippen molar-refractivity contribution in [2.24, 2.45) is 0 Å². The first-order chi connectivity index (χ1) is 17.6. The predicted octanol–water partition coefficient (Wildman–Crippen LogP) is 4.68. The number of rotatable bonds is 11. The van der Waals surface area contributed by atoms with Crippen LogP contribution in [0.3, 0.4) is 0 Å². The SMILES string of the molecule is CC(C)(C)OC(=O)CCCCCCCC(=O)N1CCC(c2ccc(NC3CCC(=O)NC3=O)cc2)CC1. The van der Waals surface area contributed by atoms with Crippen LogP contribution >= 0.6 is 0 Å². The number of nitrogens with zero attached hydrogens (tertiary/aromatic N) is 1. The maximum atomic E-state index is 12.6. The summed E-state index contributed by atoms with van der Waals surface area (Å²) in [5.41, 5.74) is 1.70. The fourth-order valence-corrected chi connectivity index (χ4v) is 4.97. The number of piperidine rings is 2. The number of ether oxygens (including phenoxy) is 1. The topological polar surface area (TPSA) is 105 Å². The Bertz CT molecular complexity index is 930. The molecule has 0 aliphatic carbocycles. The first-order valence-electron chi connectivity index (χ1n) is 13.8. The second-order valence-corrected chi connectivity index (χ2v) is 11.3. The summed E-state index contributed by atoms with van der Waals surface area (Å²) in [7, 11) is 0. The number of carbonyl (C=O) groups excluding carboxylic acids is 4. The first kappa shape index (κ1) is 28.7. The fourth-order valence-electron chi connectivity index (χ4n) is 4.97. The average Bonchev–Trinajstić information content (AvgIpc) is 2.84. The van der Waals surface area contributed by atoms with Crippen LogP contribution in [0.1, 0.15) is 103 Å². The van der Waals surface area contributed by atoms with E-state index in [9.17, 15) is 19.2 Å². The summed E-state index contributed by atoms with van der Waals surface area (Å²) in [5.74, 6) is 0.0616. The van der Waals surface area contributed by atoms with Crippen molar-refractivity contribution in [1.29, 1.82) is 0 Å². The lowest BCUT2D eigenvalue weighted by Crippen LogP contribution is -2.47. The predicted molar refractivity (Wildman–Crippen MR) is 143 cm³/mol. The summed E-state index contributed by atoms with van der Waals surface area (Å²) in [6.45, 7) is 7.22. The van der Waals surface area contributed by atoms with Crippen LogP contribution in [0, 0.1) is 0 Å². The summed E-state index contributed by atoms with van der Waals surface area (Å²) in [6, 6.07) is 7.79. The molecule has 2 aliphatic rings. The summed E-state index contributed by atoms with van der Waals surface area (Å²) in [4.78, 5) is 49.6. The molecule has 2 heterocycles. The van der Waals surface area contributed by atoms with Gasteiger partial charge in [-0.2, -0.15) is 0 Å². The number of hydrogen-bond acceptors (Lipinski definition) is 6. The number of esters is 1. The maximum Gasteiger partial charge on any atom is 0.306 e. The van der Waals surface area contributed by atoms with E-state index >= 15 is 0 Å². The standard InChI is InChI=1S/C29H43N3O5/c1-29(2,3)37-27(35)10-8-6-4-5-7-9-26(34)32-19-17-22(18-20-32)21-11-13-23(14-12-21)30-24-15-16-25(33)31-28(24)36/h11-14,22,24,30H,4-10,15-20H2,1-3H3,(H,31,33,36). The zero-order valence-corrected chi connectivity index (χ0v) is 22.6. The van der Waals surface area contributed by atoms with Gasteiger partial charge in [-0.1, -0.05) is 31.4 Å². The molecule has 0 aromatic heterocycles. The number of nitrogens with one attached hydrogen (secondary N) is 2. The summed E-state index contributed by atoms with van der Waals surface area (Å²) < 4.78 is 5.32. The van der Waals surface area contributed by atoms with Gasteiger partial charge in [-0.25, -0.2) is 0 Å². The van der Waals surface area contributed by atoms with Gasteiger partial charge in [-0.05, 0) is 76.5 Å². The first-order valence-corrected chi connectivity index (χ1v) is 13.8. The molecule has 1 aromatic rings. The third kappa shape index (κ3) is 9.82. The molecule has 2 saturated heterocycles. The molecular formula is C29H43N3O5. The highest BCUT2D eigenvalue weighted by Gasteiger charge is 2.27. The molecule has 3 amide bonds. The van der Waals surface area contributed by atoms with Crippen molar-refractivity contribution in [3.05, 3.63) is 29.8 Å². The Labute approximate surface area is 220 Å². The zero-order valence-electron chi connectivity index (χ0n) is 22.6. The van der Waals surface area contributed by atoms with E-state index in [0.717, 1.165) is 63.7 Å². The molecule has 0 bridgehead atoms. The third-order valence-corrected chi connectivity index (χ3v) is 7.00. The molecule has 8 nitrogen and oxygen atoms in total. The molecule has 8 heteroatoms. The highest BCUT2D eigenvalue weighted by molar-refractivity contribution is 6.01. The van der Waals surface area contributed by atoms with Crippen LogP contribution in [0.25, 0.3) is 0 Å². The van der Waals surface area contributed by atoms with Crippen molar-refractivity contribution in [3.8, 4) is 0 Å². The van der Waals surface area contributed by atoms with Gasteiger partial charge in [0.1, 0.15) is 11.6 Å². The smallest absolute Gasteiger partial charge is 0.306 e. The van der Waals surface area contributed by atoms with Gasteiger partial charge in [-0.3, -0.25) is 24.5 Å². The lowest BCUT2D eigenvalue weighted by Gasteiger charge is -2.32. The van der Waals surface area contributed by atoms with E-state index in [1.165, 1.54) is 5.56 Å². The lowest BCUT2D eigenvalue weighted by molar-refractivity contribution is -0.155. The Morgan fingerprint density at radius 1 is 0.946 bits per heavy atom. The van der Waals surface area contributed by atoms with Crippen molar-refractivity contribution < 1.29 is 23.9 Å². The molecule has 3 rings (SSSR count). The van der Waals surface area contributed by atoms with Gasteiger partial charge in [0.05, 0.1) is 0 Å². The Morgan fingerprint density at radius 2 is 1.57 bits per heavy atom. The highest BCUT2D eigenvalue weighted by atomic mass is 16.6. The summed E-state index contributed by atoms with van der Waals surface area (Å²) >= 11 is 0. The molecule has 37 heavy (non-hydrogen) atoms. The van der Waals surface area contributed by atoms with Gasteiger partial charge < -0.3 is 15.0 Å². The third-order valence-electron chi connectivity index (χ3n) is 7.00. The van der Waals surface area contributed by atoms with Gasteiger partial charge >= 0.3 is 5.97 Å². The van der Waals surface area contributed by atoms with Crippen molar-refractivity contribution in [2.45, 2.75) is 109 Å². The van der Waals surface area contributed by atoms with E-state index in [0.29, 0.717) is 31.6 Å². The summed E-state index contributed by atoms with van der Waals surface area (Å²) in [6.07, 6.45) is 8.59. The molecule has 1 unspecified atom stereocenters. The maximum absolute atomic E-state index is 12.6. The second kappa shape index (κ2) is 13.6. The largest absolute Gasteiger partial charge is 0.460 e. The molecule has 2 fully saturated rings. The minimum atomic E-state index is -0.423. The molecule has 1 aromatic carbocycles. The van der Waals surface area contributed by atoms with Crippen LogP contribution < -0.4 is 10.6 Å². The quantitative estimate of drug-likeness (QED) is 0.253. The fraction of sp³-hybridized carbons (Fsp3) is 0.655. The number of benzene rings is 1. The van der Waals surface area contributed by atoms with Gasteiger partial charge in [-0.15, -0.1) is 0 Å². The van der Waals surface area contributed by atoms with Crippen molar-refractivity contribution in [3.63, 3.8) is 0 Å². The van der Waals surface area contributed by atoms with Gasteiger partial charge in [0, 0.05) is 38.0 Å². The highest BCUT2D eigenvalue weighted by Crippen LogP contribution is 2.29. The molecule has 204 valence electrons. The van der Waals surface area contributed by atoms with Crippen LogP contribution in [0.5, 0.6) is 0 Å². The number of amides is 3. The molecule has 0 radical (unpaired) electrons. The average molecular weight is 514 g/mol. The minimum Gasteiger partial charge on any atom is -0.460 e. The molecular weight excluding hydrogens is 470 g/mol. The van der Waals surface area contributed by atoms with Gasteiger partial charge in [0.2, 0.25) is 17.7 Å². The Morgan fingerprint density at radius 3 is 2.19 bits per heavy atom.